The van der Waals surface area contributed by atoms with Gasteiger partial charge in [-0.2, -0.15) is 0 Å². The Labute approximate surface area is 200 Å². The van der Waals surface area contributed by atoms with Crippen molar-refractivity contribution in [3.63, 3.8) is 0 Å². The summed E-state index contributed by atoms with van der Waals surface area (Å²) < 4.78 is 5.60. The van der Waals surface area contributed by atoms with E-state index < -0.39 is 18.1 Å². The van der Waals surface area contributed by atoms with Crippen molar-refractivity contribution in [3.8, 4) is 11.1 Å². The van der Waals surface area contributed by atoms with Crippen molar-refractivity contribution in [2.75, 3.05) is 19.7 Å². The second kappa shape index (κ2) is 12.0. The SMILES string of the molecule is C=CCCC(NC(=O)OCC1c2ccccc2-c2ccccc21)C(=O)N(CC)CCCC(=O)O. The number of hydrogen-bond acceptors (Lipinski definition) is 4. The van der Waals surface area contributed by atoms with Gasteiger partial charge in [0.05, 0.1) is 0 Å². The molecule has 1 aliphatic carbocycles. The number of aliphatic carboxylic acids is 1. The summed E-state index contributed by atoms with van der Waals surface area (Å²) in [6.07, 6.45) is 2.33. The number of rotatable bonds is 12. The third kappa shape index (κ3) is 6.04. The molecule has 0 bridgehead atoms. The van der Waals surface area contributed by atoms with Gasteiger partial charge >= 0.3 is 12.1 Å². The summed E-state index contributed by atoms with van der Waals surface area (Å²) in [5.74, 6) is -1.21. The van der Waals surface area contributed by atoms with E-state index in [0.717, 1.165) is 22.3 Å². The van der Waals surface area contributed by atoms with Gasteiger partial charge in [0.2, 0.25) is 5.91 Å². The van der Waals surface area contributed by atoms with Crippen LogP contribution in [0.5, 0.6) is 0 Å². The summed E-state index contributed by atoms with van der Waals surface area (Å²) >= 11 is 0. The highest BCUT2D eigenvalue weighted by Gasteiger charge is 2.30. The maximum atomic E-state index is 13.1. The number of likely N-dealkylation sites (N-methyl/N-ethyl adjacent to an activating group) is 1. The van der Waals surface area contributed by atoms with E-state index in [1.54, 1.807) is 11.0 Å². The fourth-order valence-corrected chi connectivity index (χ4v) is 4.39. The van der Waals surface area contributed by atoms with E-state index in [2.05, 4.69) is 24.0 Å². The Morgan fingerprint density at radius 1 is 1.12 bits per heavy atom. The fourth-order valence-electron chi connectivity index (χ4n) is 4.39. The normalized spacial score (nSPS) is 12.9. The summed E-state index contributed by atoms with van der Waals surface area (Å²) in [7, 11) is 0. The Morgan fingerprint density at radius 2 is 1.74 bits per heavy atom. The van der Waals surface area contributed by atoms with Crippen molar-refractivity contribution in [1.29, 1.82) is 0 Å². The third-order valence-corrected chi connectivity index (χ3v) is 6.11. The van der Waals surface area contributed by atoms with Crippen LogP contribution >= 0.6 is 0 Å². The quantitative estimate of drug-likeness (QED) is 0.449. The zero-order valence-electron chi connectivity index (χ0n) is 19.5. The molecule has 7 heteroatoms. The van der Waals surface area contributed by atoms with Gasteiger partial charge in [0.1, 0.15) is 12.6 Å². The number of ether oxygens (including phenoxy) is 1. The van der Waals surface area contributed by atoms with Gasteiger partial charge in [-0.25, -0.2) is 4.79 Å². The molecule has 2 amide bonds. The fraction of sp³-hybridized carbons (Fsp3) is 0.370. The van der Waals surface area contributed by atoms with Crippen molar-refractivity contribution in [2.45, 2.75) is 44.6 Å². The number of alkyl carbamates (subject to hydrolysis) is 1. The monoisotopic (exact) mass is 464 g/mol. The molecule has 0 aromatic heterocycles. The molecule has 2 aromatic rings. The van der Waals surface area contributed by atoms with Crippen LogP contribution in [-0.2, 0) is 14.3 Å². The number of carboxylic acid groups (broad SMARTS) is 1. The predicted octanol–water partition coefficient (Wildman–Crippen LogP) is 4.57. The van der Waals surface area contributed by atoms with Crippen molar-refractivity contribution >= 4 is 18.0 Å². The standard InChI is InChI=1S/C27H32N2O5/c1-3-5-15-24(26(32)29(4-2)17-10-16-25(30)31)28-27(33)34-18-23-21-13-8-6-11-19(21)20-12-7-9-14-22(20)23/h3,6-9,11-14,23-24H,1,4-5,10,15-18H2,2H3,(H,28,33)(H,30,31). The van der Waals surface area contributed by atoms with Gasteiger partial charge in [0.15, 0.2) is 0 Å². The van der Waals surface area contributed by atoms with Crippen molar-refractivity contribution in [1.82, 2.24) is 10.2 Å². The van der Waals surface area contributed by atoms with Gasteiger partial charge < -0.3 is 20.1 Å². The molecule has 2 N–H and O–H groups in total. The van der Waals surface area contributed by atoms with Crippen LogP contribution in [0.25, 0.3) is 11.1 Å². The minimum absolute atomic E-state index is 0.0130. The average Bonchev–Trinajstić information content (AvgIpc) is 3.16. The molecule has 1 unspecified atom stereocenters. The first-order chi connectivity index (χ1) is 16.5. The average molecular weight is 465 g/mol. The van der Waals surface area contributed by atoms with Gasteiger partial charge in [-0.3, -0.25) is 9.59 Å². The van der Waals surface area contributed by atoms with Crippen LogP contribution in [0.3, 0.4) is 0 Å². The van der Waals surface area contributed by atoms with Gasteiger partial charge in [-0.15, -0.1) is 6.58 Å². The first kappa shape index (κ1) is 25.0. The van der Waals surface area contributed by atoms with Crippen LogP contribution in [-0.4, -0.2) is 53.7 Å². The number of carbonyl (C=O) groups excluding carboxylic acids is 2. The lowest BCUT2D eigenvalue weighted by Crippen LogP contribution is -2.49. The Kier molecular flexibility index (Phi) is 8.85. The molecular formula is C27H32N2O5. The second-order valence-corrected chi connectivity index (χ2v) is 8.30. The first-order valence-electron chi connectivity index (χ1n) is 11.7. The molecule has 0 heterocycles. The summed E-state index contributed by atoms with van der Waals surface area (Å²) in [6.45, 7) is 6.44. The molecule has 180 valence electrons. The minimum Gasteiger partial charge on any atom is -0.481 e. The molecule has 34 heavy (non-hydrogen) atoms. The van der Waals surface area contributed by atoms with E-state index >= 15 is 0 Å². The van der Waals surface area contributed by atoms with Gasteiger partial charge in [-0.05, 0) is 48.4 Å². The van der Waals surface area contributed by atoms with Crippen LogP contribution in [0, 0.1) is 0 Å². The van der Waals surface area contributed by atoms with Crippen molar-refractivity contribution in [3.05, 3.63) is 72.3 Å². The molecule has 0 saturated carbocycles. The molecule has 7 nitrogen and oxygen atoms in total. The second-order valence-electron chi connectivity index (χ2n) is 8.30. The number of hydrogen-bond donors (Lipinski definition) is 2. The van der Waals surface area contributed by atoms with Crippen LogP contribution in [0.1, 0.15) is 49.7 Å². The molecule has 3 rings (SSSR count). The largest absolute Gasteiger partial charge is 0.481 e. The number of allylic oxidation sites excluding steroid dienone is 1. The maximum absolute atomic E-state index is 13.1. The molecule has 0 fully saturated rings. The highest BCUT2D eigenvalue weighted by atomic mass is 16.5. The van der Waals surface area contributed by atoms with Crippen molar-refractivity contribution in [2.24, 2.45) is 0 Å². The number of benzene rings is 2. The molecule has 0 saturated heterocycles. The zero-order valence-corrected chi connectivity index (χ0v) is 19.5. The van der Waals surface area contributed by atoms with Crippen LogP contribution < -0.4 is 5.32 Å². The van der Waals surface area contributed by atoms with E-state index in [4.69, 9.17) is 9.84 Å². The maximum Gasteiger partial charge on any atom is 0.407 e. The van der Waals surface area contributed by atoms with Gasteiger partial charge in [0.25, 0.3) is 0 Å². The first-order valence-corrected chi connectivity index (χ1v) is 11.7. The molecule has 0 radical (unpaired) electrons. The third-order valence-electron chi connectivity index (χ3n) is 6.11. The van der Waals surface area contributed by atoms with E-state index in [9.17, 15) is 14.4 Å². The Bertz CT molecular complexity index is 990. The number of amides is 2. The Balaban J connectivity index is 1.64. The minimum atomic E-state index is -0.900. The summed E-state index contributed by atoms with van der Waals surface area (Å²) in [4.78, 5) is 38.1. The van der Waals surface area contributed by atoms with E-state index in [-0.39, 0.29) is 24.9 Å². The number of fused-ring (bicyclic) bond motifs is 3. The highest BCUT2D eigenvalue weighted by Crippen LogP contribution is 2.44. The molecule has 2 aromatic carbocycles. The van der Waals surface area contributed by atoms with Crippen molar-refractivity contribution < 1.29 is 24.2 Å². The molecule has 0 aliphatic heterocycles. The zero-order chi connectivity index (χ0) is 24.5. The lowest BCUT2D eigenvalue weighted by Gasteiger charge is -2.26. The summed E-state index contributed by atoms with van der Waals surface area (Å²) in [5.41, 5.74) is 4.52. The smallest absolute Gasteiger partial charge is 0.407 e. The van der Waals surface area contributed by atoms with Gasteiger partial charge in [-0.1, -0.05) is 54.6 Å². The Hall–Kier alpha value is -3.61. The summed E-state index contributed by atoms with van der Waals surface area (Å²) in [6, 6.07) is 15.4. The highest BCUT2D eigenvalue weighted by molar-refractivity contribution is 5.86. The van der Waals surface area contributed by atoms with Crippen LogP contribution in [0.15, 0.2) is 61.2 Å². The van der Waals surface area contributed by atoms with Gasteiger partial charge in [0, 0.05) is 25.4 Å². The molecule has 1 atom stereocenters. The number of carboxylic acids is 1. The van der Waals surface area contributed by atoms with E-state index in [1.807, 2.05) is 43.3 Å². The lowest BCUT2D eigenvalue weighted by atomic mass is 9.98. The molecule has 1 aliphatic rings. The van der Waals surface area contributed by atoms with Crippen LogP contribution in [0.2, 0.25) is 0 Å². The molecular weight excluding hydrogens is 432 g/mol. The topological polar surface area (TPSA) is 95.9 Å². The number of nitrogens with zero attached hydrogens (tertiary/aromatic N) is 1. The van der Waals surface area contributed by atoms with E-state index in [1.165, 1.54) is 0 Å². The Morgan fingerprint density at radius 3 is 2.29 bits per heavy atom. The number of nitrogens with one attached hydrogen (secondary N) is 1. The lowest BCUT2D eigenvalue weighted by molar-refractivity contribution is -0.138. The molecule has 0 spiro atoms. The van der Waals surface area contributed by atoms with Crippen LogP contribution in [0.4, 0.5) is 4.79 Å². The number of carbonyl (C=O) groups is 3. The van der Waals surface area contributed by atoms with E-state index in [0.29, 0.717) is 32.4 Å². The predicted molar refractivity (Wildman–Crippen MR) is 131 cm³/mol. The summed E-state index contributed by atoms with van der Waals surface area (Å²) in [5, 5.41) is 11.6.